The van der Waals surface area contributed by atoms with Gasteiger partial charge in [0, 0.05) is 18.5 Å². The van der Waals surface area contributed by atoms with Crippen LogP contribution >= 0.6 is 0 Å². The van der Waals surface area contributed by atoms with Gasteiger partial charge in [-0.3, -0.25) is 9.59 Å². The molecule has 0 atom stereocenters. The Kier molecular flexibility index (Phi) is 3.62. The molecular weight excluding hydrogens is 192 g/mol. The number of hydrogen-bond acceptors (Lipinski definition) is 2. The van der Waals surface area contributed by atoms with Gasteiger partial charge in [0.2, 0.25) is 5.91 Å². The second-order valence-corrected chi connectivity index (χ2v) is 3.00. The molecule has 3 N–H and O–H groups in total. The van der Waals surface area contributed by atoms with Gasteiger partial charge in [-0.1, -0.05) is 18.2 Å². The molecule has 0 spiro atoms. The largest absolute Gasteiger partial charge is 0.370 e. The van der Waals surface area contributed by atoms with Gasteiger partial charge < -0.3 is 10.7 Å². The van der Waals surface area contributed by atoms with E-state index in [1.165, 1.54) is 6.92 Å². The molecule has 4 heteroatoms. The van der Waals surface area contributed by atoms with Crippen molar-refractivity contribution in [3.63, 3.8) is 0 Å². The van der Waals surface area contributed by atoms with E-state index in [2.05, 4.69) is 10.7 Å². The van der Waals surface area contributed by atoms with Crippen LogP contribution in [-0.2, 0) is 4.79 Å². The molecular formula is C11H12N2O2. The minimum absolute atomic E-state index is 0.0249. The molecule has 1 aromatic heterocycles. The first kappa shape index (κ1) is 11.0. The van der Waals surface area contributed by atoms with Gasteiger partial charge in [-0.15, -0.1) is 0 Å². The lowest BCUT2D eigenvalue weighted by molar-refractivity contribution is -0.115. The van der Waals surface area contributed by atoms with Gasteiger partial charge in [0.1, 0.15) is 0 Å². The minimum Gasteiger partial charge on any atom is -0.370 e. The highest BCUT2D eigenvalue weighted by molar-refractivity contribution is 5.80. The van der Waals surface area contributed by atoms with E-state index in [1.54, 1.807) is 6.20 Å². The Morgan fingerprint density at radius 1 is 1.27 bits per heavy atom. The summed E-state index contributed by atoms with van der Waals surface area (Å²) in [5.41, 5.74) is 4.45. The number of aromatic nitrogens is 1. The van der Waals surface area contributed by atoms with E-state index < -0.39 is 0 Å². The van der Waals surface area contributed by atoms with E-state index in [0.29, 0.717) is 0 Å². The van der Waals surface area contributed by atoms with Gasteiger partial charge in [-0.05, 0) is 17.5 Å². The molecule has 0 aliphatic heterocycles. The summed E-state index contributed by atoms with van der Waals surface area (Å²) in [5.74, 6) is -0.333. The van der Waals surface area contributed by atoms with Gasteiger partial charge in [0.25, 0.3) is 5.56 Å². The Morgan fingerprint density at radius 3 is 2.47 bits per heavy atom. The van der Waals surface area contributed by atoms with E-state index in [1.807, 2.05) is 30.3 Å². The number of H-pyrrole nitrogens is 1. The standard InChI is InChI=1S/C9H7NO.C2H5NO/c11-9-8-4-2-1-3-7(8)5-6-10-9;1-2(3)4/h1-6H,(H,10,11);1H3,(H2,3,4). The van der Waals surface area contributed by atoms with Crippen LogP contribution in [0, 0.1) is 0 Å². The van der Waals surface area contributed by atoms with Crippen molar-refractivity contribution >= 4 is 16.7 Å². The van der Waals surface area contributed by atoms with E-state index in [-0.39, 0.29) is 11.5 Å². The van der Waals surface area contributed by atoms with Crippen molar-refractivity contribution in [1.82, 2.24) is 4.98 Å². The highest BCUT2D eigenvalue weighted by Gasteiger charge is 1.92. The molecule has 2 rings (SSSR count). The third kappa shape index (κ3) is 3.27. The molecule has 0 saturated heterocycles. The van der Waals surface area contributed by atoms with E-state index in [4.69, 9.17) is 0 Å². The lowest BCUT2D eigenvalue weighted by Crippen LogP contribution is -2.03. The topological polar surface area (TPSA) is 76.0 Å². The Labute approximate surface area is 86.7 Å². The van der Waals surface area contributed by atoms with E-state index >= 15 is 0 Å². The number of pyridine rings is 1. The van der Waals surface area contributed by atoms with Crippen molar-refractivity contribution in [3.05, 3.63) is 46.9 Å². The van der Waals surface area contributed by atoms with Crippen molar-refractivity contribution in [2.45, 2.75) is 6.92 Å². The molecule has 0 saturated carbocycles. The predicted octanol–water partition coefficient (Wildman–Crippen LogP) is 1.02. The molecule has 1 amide bonds. The fraction of sp³-hybridized carbons (Fsp3) is 0.0909. The summed E-state index contributed by atoms with van der Waals surface area (Å²) in [6.07, 6.45) is 1.66. The molecule has 0 unspecified atom stereocenters. The molecule has 4 nitrogen and oxygen atoms in total. The van der Waals surface area contributed by atoms with Crippen molar-refractivity contribution in [3.8, 4) is 0 Å². The number of nitrogens with one attached hydrogen (secondary N) is 1. The third-order valence-electron chi connectivity index (χ3n) is 1.68. The van der Waals surface area contributed by atoms with Crippen LogP contribution in [0.2, 0.25) is 0 Å². The van der Waals surface area contributed by atoms with Gasteiger partial charge >= 0.3 is 0 Å². The maximum absolute atomic E-state index is 11.1. The first-order chi connectivity index (χ1) is 7.11. The Hall–Kier alpha value is -2.10. The molecule has 0 bridgehead atoms. The molecule has 2 aromatic rings. The number of amides is 1. The monoisotopic (exact) mass is 204 g/mol. The van der Waals surface area contributed by atoms with Gasteiger partial charge in [-0.2, -0.15) is 0 Å². The first-order valence-electron chi connectivity index (χ1n) is 4.43. The number of carbonyl (C=O) groups excluding carboxylic acids is 1. The van der Waals surface area contributed by atoms with Crippen molar-refractivity contribution in [2.24, 2.45) is 5.73 Å². The van der Waals surface area contributed by atoms with Crippen molar-refractivity contribution in [2.75, 3.05) is 0 Å². The number of aromatic amines is 1. The number of rotatable bonds is 0. The van der Waals surface area contributed by atoms with Crippen LogP contribution in [0.1, 0.15) is 6.92 Å². The van der Waals surface area contributed by atoms with Gasteiger partial charge in [-0.25, -0.2) is 0 Å². The van der Waals surface area contributed by atoms with Gasteiger partial charge in [0.15, 0.2) is 0 Å². The van der Waals surface area contributed by atoms with Crippen molar-refractivity contribution < 1.29 is 4.79 Å². The number of hydrogen-bond donors (Lipinski definition) is 2. The molecule has 15 heavy (non-hydrogen) atoms. The maximum atomic E-state index is 11.1. The second-order valence-electron chi connectivity index (χ2n) is 3.00. The van der Waals surface area contributed by atoms with Crippen LogP contribution in [0.25, 0.3) is 10.8 Å². The lowest BCUT2D eigenvalue weighted by Gasteiger charge is -1.92. The molecule has 1 heterocycles. The highest BCUT2D eigenvalue weighted by atomic mass is 16.1. The number of nitrogens with two attached hydrogens (primary N) is 1. The van der Waals surface area contributed by atoms with Crippen LogP contribution in [-0.4, -0.2) is 10.9 Å². The quantitative estimate of drug-likeness (QED) is 0.672. The zero-order chi connectivity index (χ0) is 11.3. The molecule has 0 fully saturated rings. The zero-order valence-corrected chi connectivity index (χ0v) is 8.36. The summed E-state index contributed by atoms with van der Waals surface area (Å²) in [6.45, 7) is 1.31. The van der Waals surface area contributed by atoms with Crippen LogP contribution in [0.5, 0.6) is 0 Å². The molecule has 0 aliphatic carbocycles. The number of benzene rings is 1. The SMILES string of the molecule is CC(N)=O.O=c1[nH]ccc2ccccc12. The predicted molar refractivity (Wildman–Crippen MR) is 59.4 cm³/mol. The second kappa shape index (κ2) is 4.95. The fourth-order valence-electron chi connectivity index (χ4n) is 1.13. The average molecular weight is 204 g/mol. The van der Waals surface area contributed by atoms with E-state index in [0.717, 1.165) is 10.8 Å². The number of primary amides is 1. The summed E-state index contributed by atoms with van der Waals surface area (Å²) in [7, 11) is 0. The summed E-state index contributed by atoms with van der Waals surface area (Å²) < 4.78 is 0. The van der Waals surface area contributed by atoms with Crippen LogP contribution in [0.4, 0.5) is 0 Å². The van der Waals surface area contributed by atoms with Crippen LogP contribution in [0.15, 0.2) is 41.3 Å². The van der Waals surface area contributed by atoms with Crippen LogP contribution in [0.3, 0.4) is 0 Å². The van der Waals surface area contributed by atoms with Crippen molar-refractivity contribution in [1.29, 1.82) is 0 Å². The lowest BCUT2D eigenvalue weighted by atomic mass is 10.2. The summed E-state index contributed by atoms with van der Waals surface area (Å²) in [5, 5.41) is 1.73. The molecule has 1 aromatic carbocycles. The Bertz CT molecular complexity index is 508. The van der Waals surface area contributed by atoms with Gasteiger partial charge in [0.05, 0.1) is 0 Å². The number of carbonyl (C=O) groups is 1. The molecule has 0 radical (unpaired) electrons. The maximum Gasteiger partial charge on any atom is 0.255 e. The summed E-state index contributed by atoms with van der Waals surface area (Å²) in [6, 6.07) is 9.40. The van der Waals surface area contributed by atoms with E-state index in [9.17, 15) is 9.59 Å². The average Bonchev–Trinajstić information content (AvgIpc) is 2.18. The summed E-state index contributed by atoms with van der Waals surface area (Å²) in [4.78, 5) is 23.0. The molecule has 0 aliphatic rings. The highest BCUT2D eigenvalue weighted by Crippen LogP contribution is 2.05. The fourth-order valence-corrected chi connectivity index (χ4v) is 1.13. The number of fused-ring (bicyclic) bond motifs is 1. The first-order valence-corrected chi connectivity index (χ1v) is 4.43. The zero-order valence-electron chi connectivity index (χ0n) is 8.36. The smallest absolute Gasteiger partial charge is 0.255 e. The molecule has 78 valence electrons. The van der Waals surface area contributed by atoms with Crippen LogP contribution < -0.4 is 11.3 Å². The Balaban J connectivity index is 0.000000245. The third-order valence-corrected chi connectivity index (χ3v) is 1.68. The Morgan fingerprint density at radius 2 is 1.87 bits per heavy atom. The minimum atomic E-state index is -0.333. The summed E-state index contributed by atoms with van der Waals surface area (Å²) >= 11 is 0. The normalized spacial score (nSPS) is 9.13.